The van der Waals surface area contributed by atoms with Gasteiger partial charge in [-0.1, -0.05) is 41.4 Å². The molecule has 0 amide bonds. The molecule has 0 bridgehead atoms. The first-order valence-electron chi connectivity index (χ1n) is 8.05. The third-order valence-electron chi connectivity index (χ3n) is 4.14. The Kier molecular flexibility index (Phi) is 4.74. The van der Waals surface area contributed by atoms with E-state index in [2.05, 4.69) is 4.72 Å². The average molecular weight is 438 g/mol. The highest BCUT2D eigenvalue weighted by Gasteiger charge is 2.26. The molecule has 28 heavy (non-hydrogen) atoms. The Labute approximate surface area is 171 Å². The lowest BCUT2D eigenvalue weighted by Crippen LogP contribution is -2.14. The molecule has 2 N–H and O–H groups in total. The molecule has 0 saturated carbocycles. The Bertz CT molecular complexity index is 1180. The van der Waals surface area contributed by atoms with Gasteiger partial charge in [0.15, 0.2) is 11.5 Å². The van der Waals surface area contributed by atoms with Crippen molar-refractivity contribution in [1.82, 2.24) is 0 Å². The summed E-state index contributed by atoms with van der Waals surface area (Å²) in [7, 11) is -4.04. The van der Waals surface area contributed by atoms with Gasteiger partial charge < -0.3 is 14.6 Å². The smallest absolute Gasteiger partial charge is 0.263 e. The van der Waals surface area contributed by atoms with Crippen LogP contribution in [0.15, 0.2) is 59.5 Å². The van der Waals surface area contributed by atoms with Gasteiger partial charge in [0.1, 0.15) is 10.6 Å². The summed E-state index contributed by atoms with van der Waals surface area (Å²) in [5, 5.41) is 10.7. The van der Waals surface area contributed by atoms with Gasteiger partial charge in [0.25, 0.3) is 10.0 Å². The van der Waals surface area contributed by atoms with Crippen molar-refractivity contribution in [2.75, 3.05) is 11.5 Å². The van der Waals surface area contributed by atoms with Crippen LogP contribution in [0.4, 0.5) is 5.69 Å². The quantitative estimate of drug-likeness (QED) is 0.606. The van der Waals surface area contributed by atoms with Crippen molar-refractivity contribution in [2.45, 2.75) is 4.90 Å². The molecule has 0 atom stereocenters. The highest BCUT2D eigenvalue weighted by molar-refractivity contribution is 7.92. The van der Waals surface area contributed by atoms with Crippen LogP contribution >= 0.6 is 23.2 Å². The molecule has 144 valence electrons. The highest BCUT2D eigenvalue weighted by Crippen LogP contribution is 2.48. The number of hydrogen-bond donors (Lipinski definition) is 2. The number of rotatable bonds is 4. The number of fused-ring (bicyclic) bond motifs is 1. The Morgan fingerprint density at radius 1 is 1.00 bits per heavy atom. The van der Waals surface area contributed by atoms with Gasteiger partial charge >= 0.3 is 0 Å². The summed E-state index contributed by atoms with van der Waals surface area (Å²) in [6.45, 7) is 0.0117. The van der Waals surface area contributed by atoms with E-state index in [1.165, 1.54) is 24.3 Å². The Hall–Kier alpha value is -2.61. The van der Waals surface area contributed by atoms with Crippen LogP contribution in [0.3, 0.4) is 0 Å². The number of nitrogens with one attached hydrogen (secondary N) is 1. The molecule has 0 fully saturated rings. The number of halogens is 2. The molecular weight excluding hydrogens is 425 g/mol. The molecular formula is C19H13Cl2NO5S. The zero-order valence-electron chi connectivity index (χ0n) is 14.1. The van der Waals surface area contributed by atoms with E-state index >= 15 is 0 Å². The first kappa shape index (κ1) is 18.7. The van der Waals surface area contributed by atoms with E-state index in [-0.39, 0.29) is 33.2 Å². The van der Waals surface area contributed by atoms with E-state index in [0.717, 1.165) is 0 Å². The Morgan fingerprint density at radius 2 is 1.79 bits per heavy atom. The summed E-state index contributed by atoms with van der Waals surface area (Å²) in [6, 6.07) is 13.8. The van der Waals surface area contributed by atoms with Crippen molar-refractivity contribution in [3.63, 3.8) is 0 Å². The third-order valence-corrected chi connectivity index (χ3v) is 6.22. The summed E-state index contributed by atoms with van der Waals surface area (Å²) >= 11 is 12.0. The predicted molar refractivity (Wildman–Crippen MR) is 107 cm³/mol. The van der Waals surface area contributed by atoms with Crippen LogP contribution in [-0.4, -0.2) is 20.3 Å². The molecule has 9 heteroatoms. The normalized spacial score (nSPS) is 12.8. The highest BCUT2D eigenvalue weighted by atomic mass is 35.5. The van der Waals surface area contributed by atoms with Gasteiger partial charge in [-0.05, 0) is 36.4 Å². The molecule has 3 aromatic carbocycles. The minimum Gasteiger partial charge on any atom is -0.507 e. The van der Waals surface area contributed by atoms with E-state index in [0.29, 0.717) is 22.6 Å². The van der Waals surface area contributed by atoms with Gasteiger partial charge in [-0.3, -0.25) is 4.72 Å². The summed E-state index contributed by atoms with van der Waals surface area (Å²) < 4.78 is 39.1. The molecule has 1 heterocycles. The molecule has 0 radical (unpaired) electrons. The maximum absolute atomic E-state index is 12.9. The van der Waals surface area contributed by atoms with Gasteiger partial charge in [-0.2, -0.15) is 0 Å². The number of hydrogen-bond acceptors (Lipinski definition) is 5. The standard InChI is InChI=1S/C19H13Cl2NO5S/c20-11-5-6-13(21)17(9-11)28(24,25)22-14-4-2-1-3-12(14)18-15(23)7-8-16-19(18)27-10-26-16/h1-9,22-23H,10H2. The number of anilines is 1. The van der Waals surface area contributed by atoms with Gasteiger partial charge in [-0.25, -0.2) is 8.42 Å². The minimum absolute atomic E-state index is 0.0117. The van der Waals surface area contributed by atoms with E-state index in [9.17, 15) is 13.5 Å². The molecule has 6 nitrogen and oxygen atoms in total. The predicted octanol–water partition coefficient (Wildman–Crippen LogP) is 4.90. The van der Waals surface area contributed by atoms with Crippen molar-refractivity contribution >= 4 is 38.9 Å². The second-order valence-corrected chi connectivity index (χ2v) is 8.41. The van der Waals surface area contributed by atoms with Crippen molar-refractivity contribution < 1.29 is 23.0 Å². The van der Waals surface area contributed by atoms with Crippen molar-refractivity contribution in [3.05, 3.63) is 64.6 Å². The summed E-state index contributed by atoms with van der Waals surface area (Å²) in [6.07, 6.45) is 0. The molecule has 0 saturated heterocycles. The third kappa shape index (κ3) is 3.32. The number of benzene rings is 3. The molecule has 0 spiro atoms. The van der Waals surface area contributed by atoms with Crippen LogP contribution in [0, 0.1) is 0 Å². The van der Waals surface area contributed by atoms with Gasteiger partial charge in [0.05, 0.1) is 16.3 Å². The summed E-state index contributed by atoms with van der Waals surface area (Å²) in [4.78, 5) is -0.154. The fraction of sp³-hybridized carbons (Fsp3) is 0.0526. The molecule has 1 aliphatic rings. The molecule has 0 aromatic heterocycles. The van der Waals surface area contributed by atoms with Crippen molar-refractivity contribution in [1.29, 1.82) is 0 Å². The summed E-state index contributed by atoms with van der Waals surface area (Å²) in [5.74, 6) is 0.729. The van der Waals surface area contributed by atoms with E-state index in [1.807, 2.05) is 0 Å². The fourth-order valence-electron chi connectivity index (χ4n) is 2.90. The number of phenolic OH excluding ortho intramolecular Hbond substituents is 1. The number of sulfonamides is 1. The lowest BCUT2D eigenvalue weighted by Gasteiger charge is -2.15. The number of para-hydroxylation sites is 1. The first-order valence-corrected chi connectivity index (χ1v) is 10.3. The Morgan fingerprint density at radius 3 is 2.61 bits per heavy atom. The lowest BCUT2D eigenvalue weighted by atomic mass is 10.0. The van der Waals surface area contributed by atoms with Crippen LogP contribution in [0.1, 0.15) is 0 Å². The number of ether oxygens (including phenoxy) is 2. The molecule has 0 aliphatic carbocycles. The molecule has 0 unspecified atom stereocenters. The van der Waals surface area contributed by atoms with Crippen LogP contribution in [0.2, 0.25) is 10.0 Å². The Balaban J connectivity index is 1.83. The number of phenols is 1. The summed E-state index contributed by atoms with van der Waals surface area (Å²) in [5.41, 5.74) is 0.979. The zero-order chi connectivity index (χ0) is 19.9. The maximum atomic E-state index is 12.9. The molecule has 3 aromatic rings. The van der Waals surface area contributed by atoms with Crippen LogP contribution < -0.4 is 14.2 Å². The van der Waals surface area contributed by atoms with Gasteiger partial charge in [0, 0.05) is 10.6 Å². The van der Waals surface area contributed by atoms with Crippen LogP contribution in [-0.2, 0) is 10.0 Å². The monoisotopic (exact) mass is 437 g/mol. The zero-order valence-corrected chi connectivity index (χ0v) is 16.5. The second kappa shape index (κ2) is 7.09. The largest absolute Gasteiger partial charge is 0.507 e. The van der Waals surface area contributed by atoms with Crippen LogP contribution in [0.25, 0.3) is 11.1 Å². The van der Waals surface area contributed by atoms with Gasteiger partial charge in [-0.15, -0.1) is 0 Å². The fourth-order valence-corrected chi connectivity index (χ4v) is 4.74. The minimum atomic E-state index is -4.04. The second-order valence-electron chi connectivity index (χ2n) is 5.92. The lowest BCUT2D eigenvalue weighted by molar-refractivity contribution is 0.174. The number of aromatic hydroxyl groups is 1. The molecule has 1 aliphatic heterocycles. The average Bonchev–Trinajstić information content (AvgIpc) is 3.13. The van der Waals surface area contributed by atoms with E-state index < -0.39 is 10.0 Å². The van der Waals surface area contributed by atoms with E-state index in [1.54, 1.807) is 30.3 Å². The first-order chi connectivity index (χ1) is 13.4. The van der Waals surface area contributed by atoms with E-state index in [4.69, 9.17) is 32.7 Å². The van der Waals surface area contributed by atoms with Crippen LogP contribution in [0.5, 0.6) is 17.2 Å². The van der Waals surface area contributed by atoms with Gasteiger partial charge in [0.2, 0.25) is 6.79 Å². The van der Waals surface area contributed by atoms with Crippen molar-refractivity contribution in [2.24, 2.45) is 0 Å². The maximum Gasteiger partial charge on any atom is 0.263 e. The van der Waals surface area contributed by atoms with Crippen molar-refractivity contribution in [3.8, 4) is 28.4 Å². The molecule has 4 rings (SSSR count). The topological polar surface area (TPSA) is 84.9 Å². The SMILES string of the molecule is O=S(=O)(Nc1ccccc1-c1c(O)ccc2c1OCO2)c1cc(Cl)ccc1Cl.